The van der Waals surface area contributed by atoms with Gasteiger partial charge in [0, 0.05) is 12.2 Å². The van der Waals surface area contributed by atoms with Crippen LogP contribution in [0.3, 0.4) is 0 Å². The van der Waals surface area contributed by atoms with Gasteiger partial charge in [-0.1, -0.05) is 26.0 Å². The molecule has 0 atom stereocenters. The molecular weight excluding hydrogens is 266 g/mol. The molecule has 5 nitrogen and oxygen atoms in total. The highest BCUT2D eigenvalue weighted by atomic mass is 16.5. The molecule has 1 heterocycles. The molecule has 0 aliphatic heterocycles. The van der Waals surface area contributed by atoms with Gasteiger partial charge in [0.1, 0.15) is 0 Å². The smallest absolute Gasteiger partial charge is 0.262 e. The van der Waals surface area contributed by atoms with Gasteiger partial charge < -0.3 is 10.1 Å². The quantitative estimate of drug-likeness (QED) is 0.888. The monoisotopic (exact) mass is 287 g/mol. The summed E-state index contributed by atoms with van der Waals surface area (Å²) in [6.07, 6.45) is 3.38. The Morgan fingerprint density at radius 2 is 2.24 bits per heavy atom. The zero-order chi connectivity index (χ0) is 15.2. The lowest BCUT2D eigenvalue weighted by atomic mass is 10.0. The second kappa shape index (κ2) is 6.92. The fraction of sp³-hybridized carbons (Fsp3) is 0.375. The van der Waals surface area contributed by atoms with E-state index in [1.165, 1.54) is 5.56 Å². The van der Waals surface area contributed by atoms with Gasteiger partial charge in [0.05, 0.1) is 12.4 Å². The third-order valence-corrected chi connectivity index (χ3v) is 3.14. The van der Waals surface area contributed by atoms with Crippen LogP contribution in [0.25, 0.3) is 0 Å². The van der Waals surface area contributed by atoms with Crippen LogP contribution in [0.2, 0.25) is 0 Å². The molecule has 0 bridgehead atoms. The molecular formula is C16H21N3O2. The lowest BCUT2D eigenvalue weighted by molar-refractivity contribution is -0.118. The predicted molar refractivity (Wildman–Crippen MR) is 82.6 cm³/mol. The standard InChI is InChI=1S/C16H21N3O2/c1-4-19-10-15(9-17-19)21-11-16(20)18-14-7-5-6-13(8-14)12(2)3/h5-10,12H,4,11H2,1-3H3,(H,18,20). The first kappa shape index (κ1) is 15.1. The first-order valence-electron chi connectivity index (χ1n) is 7.13. The largest absolute Gasteiger partial charge is 0.480 e. The Labute approximate surface area is 124 Å². The molecule has 1 N–H and O–H groups in total. The fourth-order valence-corrected chi connectivity index (χ4v) is 1.91. The van der Waals surface area contributed by atoms with Crippen LogP contribution in [-0.2, 0) is 11.3 Å². The molecule has 0 unspecified atom stereocenters. The number of nitrogens with one attached hydrogen (secondary N) is 1. The summed E-state index contributed by atoms with van der Waals surface area (Å²) < 4.78 is 7.15. The van der Waals surface area contributed by atoms with E-state index in [1.54, 1.807) is 17.1 Å². The second-order valence-electron chi connectivity index (χ2n) is 5.15. The Morgan fingerprint density at radius 1 is 1.43 bits per heavy atom. The van der Waals surface area contributed by atoms with Crippen LogP contribution < -0.4 is 10.1 Å². The summed E-state index contributed by atoms with van der Waals surface area (Å²) in [6, 6.07) is 7.85. The van der Waals surface area contributed by atoms with Crippen molar-refractivity contribution in [3.8, 4) is 5.75 Å². The van der Waals surface area contributed by atoms with Gasteiger partial charge in [0.2, 0.25) is 0 Å². The van der Waals surface area contributed by atoms with Crippen molar-refractivity contribution in [2.45, 2.75) is 33.2 Å². The Bertz CT molecular complexity index is 605. The zero-order valence-corrected chi connectivity index (χ0v) is 12.7. The molecule has 112 valence electrons. The Kier molecular flexibility index (Phi) is 4.98. The van der Waals surface area contributed by atoms with Crippen molar-refractivity contribution in [1.82, 2.24) is 9.78 Å². The highest BCUT2D eigenvalue weighted by Crippen LogP contribution is 2.18. The van der Waals surface area contributed by atoms with Crippen LogP contribution in [0.15, 0.2) is 36.7 Å². The van der Waals surface area contributed by atoms with Crippen molar-refractivity contribution in [3.05, 3.63) is 42.2 Å². The van der Waals surface area contributed by atoms with E-state index in [9.17, 15) is 4.79 Å². The molecule has 0 saturated carbocycles. The van der Waals surface area contributed by atoms with Crippen LogP contribution in [-0.4, -0.2) is 22.3 Å². The maximum absolute atomic E-state index is 11.9. The molecule has 1 amide bonds. The van der Waals surface area contributed by atoms with Gasteiger partial charge in [-0.2, -0.15) is 5.10 Å². The molecule has 2 aromatic rings. The number of aryl methyl sites for hydroxylation is 1. The molecule has 0 spiro atoms. The summed E-state index contributed by atoms with van der Waals surface area (Å²) in [7, 11) is 0. The van der Waals surface area contributed by atoms with Gasteiger partial charge >= 0.3 is 0 Å². The minimum Gasteiger partial charge on any atom is -0.480 e. The normalized spacial score (nSPS) is 10.7. The third kappa shape index (κ3) is 4.34. The maximum atomic E-state index is 11.9. The average molecular weight is 287 g/mol. The minimum atomic E-state index is -0.180. The number of nitrogens with zero attached hydrogens (tertiary/aromatic N) is 2. The number of hydrogen-bond donors (Lipinski definition) is 1. The Hall–Kier alpha value is -2.30. The number of ether oxygens (including phenoxy) is 1. The number of rotatable bonds is 6. The number of carbonyl (C=O) groups is 1. The van der Waals surface area contributed by atoms with Crippen molar-refractivity contribution in [3.63, 3.8) is 0 Å². The molecule has 2 rings (SSSR count). The van der Waals surface area contributed by atoms with Crippen molar-refractivity contribution >= 4 is 11.6 Å². The van der Waals surface area contributed by atoms with E-state index >= 15 is 0 Å². The van der Waals surface area contributed by atoms with Gasteiger partial charge in [0.25, 0.3) is 5.91 Å². The predicted octanol–water partition coefficient (Wildman–Crippen LogP) is 3.04. The van der Waals surface area contributed by atoms with E-state index < -0.39 is 0 Å². The van der Waals surface area contributed by atoms with Crippen LogP contribution in [0.5, 0.6) is 5.75 Å². The molecule has 0 aliphatic carbocycles. The van der Waals surface area contributed by atoms with Crippen LogP contribution >= 0.6 is 0 Å². The van der Waals surface area contributed by atoms with Crippen LogP contribution in [0, 0.1) is 0 Å². The third-order valence-electron chi connectivity index (χ3n) is 3.14. The van der Waals surface area contributed by atoms with Crippen molar-refractivity contribution in [2.24, 2.45) is 0 Å². The van der Waals surface area contributed by atoms with E-state index in [1.807, 2.05) is 25.1 Å². The number of amides is 1. The van der Waals surface area contributed by atoms with E-state index in [0.717, 1.165) is 12.2 Å². The Balaban J connectivity index is 1.88. The lowest BCUT2D eigenvalue weighted by Crippen LogP contribution is -2.20. The molecule has 0 radical (unpaired) electrons. The number of aromatic nitrogens is 2. The highest BCUT2D eigenvalue weighted by Gasteiger charge is 2.06. The van der Waals surface area contributed by atoms with E-state index in [0.29, 0.717) is 11.7 Å². The minimum absolute atomic E-state index is 0.0265. The Morgan fingerprint density at radius 3 is 2.90 bits per heavy atom. The summed E-state index contributed by atoms with van der Waals surface area (Å²) in [6.45, 7) is 6.98. The summed E-state index contributed by atoms with van der Waals surface area (Å²) in [5, 5.41) is 6.92. The molecule has 0 aliphatic rings. The van der Waals surface area contributed by atoms with Gasteiger partial charge in [0.15, 0.2) is 12.4 Å². The van der Waals surface area contributed by atoms with Crippen LogP contribution in [0.4, 0.5) is 5.69 Å². The number of hydrogen-bond acceptors (Lipinski definition) is 3. The molecule has 1 aromatic heterocycles. The topological polar surface area (TPSA) is 56.1 Å². The molecule has 0 fully saturated rings. The van der Waals surface area contributed by atoms with Crippen molar-refractivity contribution in [2.75, 3.05) is 11.9 Å². The summed E-state index contributed by atoms with van der Waals surface area (Å²) >= 11 is 0. The van der Waals surface area contributed by atoms with Gasteiger partial charge in [-0.3, -0.25) is 9.48 Å². The second-order valence-corrected chi connectivity index (χ2v) is 5.15. The van der Waals surface area contributed by atoms with Gasteiger partial charge in [-0.25, -0.2) is 0 Å². The highest BCUT2D eigenvalue weighted by molar-refractivity contribution is 5.91. The van der Waals surface area contributed by atoms with E-state index in [-0.39, 0.29) is 12.5 Å². The van der Waals surface area contributed by atoms with Crippen LogP contribution in [0.1, 0.15) is 32.3 Å². The fourth-order valence-electron chi connectivity index (χ4n) is 1.91. The molecule has 21 heavy (non-hydrogen) atoms. The molecule has 5 heteroatoms. The van der Waals surface area contributed by atoms with Crippen molar-refractivity contribution < 1.29 is 9.53 Å². The SMILES string of the molecule is CCn1cc(OCC(=O)Nc2cccc(C(C)C)c2)cn1. The van der Waals surface area contributed by atoms with Gasteiger partial charge in [-0.05, 0) is 30.5 Å². The van der Waals surface area contributed by atoms with Crippen molar-refractivity contribution in [1.29, 1.82) is 0 Å². The molecule has 0 saturated heterocycles. The van der Waals surface area contributed by atoms with Gasteiger partial charge in [-0.15, -0.1) is 0 Å². The maximum Gasteiger partial charge on any atom is 0.262 e. The summed E-state index contributed by atoms with van der Waals surface area (Å²) in [5.41, 5.74) is 1.98. The molecule has 1 aromatic carbocycles. The average Bonchev–Trinajstić information content (AvgIpc) is 2.93. The van der Waals surface area contributed by atoms with E-state index in [4.69, 9.17) is 4.74 Å². The first-order chi connectivity index (χ1) is 10.1. The lowest BCUT2D eigenvalue weighted by Gasteiger charge is -2.09. The summed E-state index contributed by atoms with van der Waals surface area (Å²) in [4.78, 5) is 11.9. The number of benzene rings is 1. The summed E-state index contributed by atoms with van der Waals surface area (Å²) in [5.74, 6) is 0.848. The van der Waals surface area contributed by atoms with E-state index in [2.05, 4.69) is 30.3 Å². The number of anilines is 1. The number of carbonyl (C=O) groups excluding carboxylic acids is 1. The first-order valence-corrected chi connectivity index (χ1v) is 7.13. The zero-order valence-electron chi connectivity index (χ0n) is 12.7.